The van der Waals surface area contributed by atoms with Crippen LogP contribution in [0.1, 0.15) is 25.3 Å². The molecule has 0 aliphatic carbocycles. The fourth-order valence-corrected chi connectivity index (χ4v) is 2.91. The van der Waals surface area contributed by atoms with Crippen molar-refractivity contribution >= 4 is 11.9 Å². The second kappa shape index (κ2) is 8.63. The Morgan fingerprint density at radius 1 is 1.29 bits per heavy atom. The molecule has 24 heavy (non-hydrogen) atoms. The van der Waals surface area contributed by atoms with Crippen LogP contribution in [-0.2, 0) is 11.3 Å². The minimum absolute atomic E-state index is 0.0466. The third-order valence-electron chi connectivity index (χ3n) is 4.34. The fourth-order valence-electron chi connectivity index (χ4n) is 2.91. The number of carbonyl (C=O) groups is 2. The smallest absolute Gasteiger partial charge is 0.315 e. The van der Waals surface area contributed by atoms with E-state index in [0.29, 0.717) is 19.0 Å². The molecule has 1 aliphatic rings. The summed E-state index contributed by atoms with van der Waals surface area (Å²) in [5.74, 6) is 0.128. The molecule has 1 aromatic carbocycles. The summed E-state index contributed by atoms with van der Waals surface area (Å²) in [6, 6.07) is 5.49. The molecular weight excluding hydrogens is 311 g/mol. The molecule has 1 aromatic rings. The Hall–Kier alpha value is -2.15. The number of piperidine rings is 1. The van der Waals surface area contributed by atoms with E-state index < -0.39 is 6.03 Å². The number of halogens is 1. The van der Waals surface area contributed by atoms with Gasteiger partial charge in [-0.15, -0.1) is 0 Å². The van der Waals surface area contributed by atoms with Gasteiger partial charge in [0.1, 0.15) is 5.82 Å². The number of nitrogens with zero attached hydrogens (tertiary/aromatic N) is 1. The third-order valence-corrected chi connectivity index (χ3v) is 4.34. The Bertz CT molecular complexity index is 564. The highest BCUT2D eigenvalue weighted by Gasteiger charge is 2.28. The monoisotopic (exact) mass is 336 g/mol. The molecule has 0 saturated carbocycles. The molecule has 2 unspecified atom stereocenters. The lowest BCUT2D eigenvalue weighted by Gasteiger charge is -2.38. The van der Waals surface area contributed by atoms with E-state index in [1.165, 1.54) is 12.1 Å². The molecular formula is C17H25FN4O2. The molecule has 0 radical (unpaired) electrons. The van der Waals surface area contributed by atoms with Crippen molar-refractivity contribution in [2.75, 3.05) is 19.6 Å². The molecule has 0 bridgehead atoms. The summed E-state index contributed by atoms with van der Waals surface area (Å²) in [6.45, 7) is 3.49. The lowest BCUT2D eigenvalue weighted by Crippen LogP contribution is -2.52. The predicted molar refractivity (Wildman–Crippen MR) is 89.6 cm³/mol. The number of nitrogens with two attached hydrogens (primary N) is 1. The van der Waals surface area contributed by atoms with Gasteiger partial charge in [-0.2, -0.15) is 0 Å². The topological polar surface area (TPSA) is 87.5 Å². The summed E-state index contributed by atoms with van der Waals surface area (Å²) in [6.07, 6.45) is 1.86. The maximum absolute atomic E-state index is 12.8. The van der Waals surface area contributed by atoms with Gasteiger partial charge in [0.25, 0.3) is 0 Å². The highest BCUT2D eigenvalue weighted by atomic mass is 19.1. The minimum atomic E-state index is -0.428. The van der Waals surface area contributed by atoms with Crippen LogP contribution in [0.2, 0.25) is 0 Å². The van der Waals surface area contributed by atoms with Crippen LogP contribution < -0.4 is 16.4 Å². The number of amides is 3. The van der Waals surface area contributed by atoms with E-state index in [0.717, 1.165) is 18.4 Å². The summed E-state index contributed by atoms with van der Waals surface area (Å²) in [5, 5.41) is 5.20. The molecule has 132 valence electrons. The van der Waals surface area contributed by atoms with Crippen molar-refractivity contribution in [1.29, 1.82) is 0 Å². The molecule has 7 heteroatoms. The maximum atomic E-state index is 12.8. The van der Waals surface area contributed by atoms with E-state index in [1.807, 2.05) is 0 Å². The van der Waals surface area contributed by atoms with E-state index >= 15 is 0 Å². The van der Waals surface area contributed by atoms with Crippen molar-refractivity contribution in [3.05, 3.63) is 35.6 Å². The van der Waals surface area contributed by atoms with Gasteiger partial charge < -0.3 is 21.3 Å². The van der Waals surface area contributed by atoms with Crippen LogP contribution in [0.5, 0.6) is 0 Å². The summed E-state index contributed by atoms with van der Waals surface area (Å²) in [4.78, 5) is 25.8. The van der Waals surface area contributed by atoms with Crippen molar-refractivity contribution in [2.24, 2.45) is 11.7 Å². The molecule has 1 fully saturated rings. The van der Waals surface area contributed by atoms with Gasteiger partial charge in [-0.1, -0.05) is 19.1 Å². The quantitative estimate of drug-likeness (QED) is 0.755. The number of rotatable bonds is 5. The molecule has 4 N–H and O–H groups in total. The predicted octanol–water partition coefficient (Wildman–Crippen LogP) is 1.21. The van der Waals surface area contributed by atoms with Crippen molar-refractivity contribution in [3.8, 4) is 0 Å². The van der Waals surface area contributed by atoms with Gasteiger partial charge in [0.2, 0.25) is 5.91 Å². The van der Waals surface area contributed by atoms with Crippen molar-refractivity contribution < 1.29 is 14.0 Å². The van der Waals surface area contributed by atoms with Crippen LogP contribution in [0.15, 0.2) is 24.3 Å². The normalized spacial score (nSPS) is 20.5. The van der Waals surface area contributed by atoms with E-state index in [-0.39, 0.29) is 30.9 Å². The molecule has 1 saturated heterocycles. The summed E-state index contributed by atoms with van der Waals surface area (Å²) >= 11 is 0. The van der Waals surface area contributed by atoms with Gasteiger partial charge in [0.05, 0.1) is 6.54 Å². The fraction of sp³-hybridized carbons (Fsp3) is 0.529. The van der Waals surface area contributed by atoms with Crippen LogP contribution in [0, 0.1) is 11.7 Å². The van der Waals surface area contributed by atoms with Gasteiger partial charge in [0.15, 0.2) is 0 Å². The number of benzene rings is 1. The van der Waals surface area contributed by atoms with Crippen LogP contribution in [0.4, 0.5) is 9.18 Å². The number of likely N-dealkylation sites (tertiary alicyclic amines) is 1. The zero-order valence-corrected chi connectivity index (χ0v) is 13.9. The van der Waals surface area contributed by atoms with Crippen LogP contribution in [0.25, 0.3) is 0 Å². The first-order chi connectivity index (χ1) is 11.5. The summed E-state index contributed by atoms with van der Waals surface area (Å²) in [5.41, 5.74) is 6.54. The molecule has 1 aliphatic heterocycles. The lowest BCUT2D eigenvalue weighted by molar-refractivity contribution is -0.134. The van der Waals surface area contributed by atoms with Crippen molar-refractivity contribution in [3.63, 3.8) is 0 Å². The molecule has 0 aromatic heterocycles. The third kappa shape index (κ3) is 5.19. The zero-order chi connectivity index (χ0) is 17.5. The first-order valence-corrected chi connectivity index (χ1v) is 8.25. The summed E-state index contributed by atoms with van der Waals surface area (Å²) in [7, 11) is 0. The van der Waals surface area contributed by atoms with Crippen LogP contribution in [-0.4, -0.2) is 42.5 Å². The highest BCUT2D eigenvalue weighted by molar-refractivity contribution is 5.84. The van der Waals surface area contributed by atoms with Crippen molar-refractivity contribution in [2.45, 2.75) is 32.4 Å². The molecule has 3 amide bonds. The van der Waals surface area contributed by atoms with Gasteiger partial charge in [-0.3, -0.25) is 4.79 Å². The second-order valence-corrected chi connectivity index (χ2v) is 6.27. The molecule has 2 rings (SSSR count). The zero-order valence-electron chi connectivity index (χ0n) is 13.9. The van der Waals surface area contributed by atoms with Gasteiger partial charge in [0, 0.05) is 25.7 Å². The van der Waals surface area contributed by atoms with Crippen LogP contribution in [0.3, 0.4) is 0 Å². The Balaban J connectivity index is 1.74. The maximum Gasteiger partial charge on any atom is 0.315 e. The van der Waals surface area contributed by atoms with E-state index in [9.17, 15) is 14.0 Å². The average Bonchev–Trinajstić information content (AvgIpc) is 2.59. The van der Waals surface area contributed by atoms with E-state index in [1.54, 1.807) is 17.0 Å². The number of hydrogen-bond acceptors (Lipinski definition) is 3. The molecule has 0 spiro atoms. The Labute approximate surface area is 141 Å². The molecule has 1 heterocycles. The Morgan fingerprint density at radius 3 is 2.67 bits per heavy atom. The minimum Gasteiger partial charge on any atom is -0.337 e. The van der Waals surface area contributed by atoms with Gasteiger partial charge in [-0.25, -0.2) is 9.18 Å². The average molecular weight is 336 g/mol. The number of urea groups is 1. The summed E-state index contributed by atoms with van der Waals surface area (Å²) < 4.78 is 12.8. The number of carbonyl (C=O) groups excluding carboxylic acids is 2. The second-order valence-electron chi connectivity index (χ2n) is 6.27. The standard InChI is InChI=1S/C17H25FN4O2/c1-12-6-7-22(15(8-12)9-19)16(23)11-21-17(24)20-10-13-2-4-14(18)5-3-13/h2-5,12,15H,6-11,19H2,1H3,(H2,20,21,24). The van der Waals surface area contributed by atoms with Crippen molar-refractivity contribution in [1.82, 2.24) is 15.5 Å². The van der Waals surface area contributed by atoms with E-state index in [2.05, 4.69) is 17.6 Å². The Kier molecular flexibility index (Phi) is 6.54. The van der Waals surface area contributed by atoms with Gasteiger partial charge >= 0.3 is 6.03 Å². The highest BCUT2D eigenvalue weighted by Crippen LogP contribution is 2.21. The largest absolute Gasteiger partial charge is 0.337 e. The van der Waals surface area contributed by atoms with Crippen LogP contribution >= 0.6 is 0 Å². The first-order valence-electron chi connectivity index (χ1n) is 8.25. The number of hydrogen-bond donors (Lipinski definition) is 3. The molecule has 6 nitrogen and oxygen atoms in total. The van der Waals surface area contributed by atoms with Gasteiger partial charge in [-0.05, 0) is 36.5 Å². The van der Waals surface area contributed by atoms with E-state index in [4.69, 9.17) is 5.73 Å². The Morgan fingerprint density at radius 2 is 2.00 bits per heavy atom. The molecule has 2 atom stereocenters. The number of nitrogens with one attached hydrogen (secondary N) is 2. The SMILES string of the molecule is CC1CCN(C(=O)CNC(=O)NCc2ccc(F)cc2)C(CN)C1. The lowest BCUT2D eigenvalue weighted by atomic mass is 9.92. The first kappa shape index (κ1) is 18.2.